The van der Waals surface area contributed by atoms with Gasteiger partial charge in [-0.15, -0.1) is 0 Å². The highest BCUT2D eigenvalue weighted by Crippen LogP contribution is 2.20. The van der Waals surface area contributed by atoms with Crippen molar-refractivity contribution >= 4 is 15.9 Å². The first kappa shape index (κ1) is 18.9. The van der Waals surface area contributed by atoms with Gasteiger partial charge < -0.3 is 10.2 Å². The van der Waals surface area contributed by atoms with Crippen LogP contribution in [0.15, 0.2) is 41.8 Å². The lowest BCUT2D eigenvalue weighted by molar-refractivity contribution is 0.189. The van der Waals surface area contributed by atoms with Crippen molar-refractivity contribution in [3.63, 3.8) is 0 Å². The van der Waals surface area contributed by atoms with Gasteiger partial charge in [0.05, 0.1) is 17.5 Å². The zero-order valence-corrected chi connectivity index (χ0v) is 15.6. The summed E-state index contributed by atoms with van der Waals surface area (Å²) >= 11 is 0. The van der Waals surface area contributed by atoms with Gasteiger partial charge in [0.2, 0.25) is 0 Å². The Morgan fingerprint density at radius 2 is 1.92 bits per heavy atom. The zero-order valence-electron chi connectivity index (χ0n) is 14.7. The molecule has 1 aromatic carbocycles. The standard InChI is InChI=1S/C16H23N5O3S/c1-12(9-21-11-17-10-18-21)19-16(22)20(3)13(2)14-5-7-15(8-6-14)25(4,23)24/h5-8,10-13H,9H2,1-4H3,(H,19,22). The molecule has 0 bridgehead atoms. The number of carbonyl (C=O) groups is 1. The average molecular weight is 365 g/mol. The summed E-state index contributed by atoms with van der Waals surface area (Å²) in [7, 11) is -1.53. The fraction of sp³-hybridized carbons (Fsp3) is 0.438. The van der Waals surface area contributed by atoms with Crippen LogP contribution in [0.25, 0.3) is 0 Å². The summed E-state index contributed by atoms with van der Waals surface area (Å²) in [5.41, 5.74) is 0.856. The Morgan fingerprint density at radius 1 is 1.28 bits per heavy atom. The fourth-order valence-electron chi connectivity index (χ4n) is 2.36. The number of nitrogens with zero attached hydrogens (tertiary/aromatic N) is 4. The molecule has 0 aliphatic rings. The van der Waals surface area contributed by atoms with Gasteiger partial charge >= 0.3 is 6.03 Å². The molecule has 8 nitrogen and oxygen atoms in total. The number of carbonyl (C=O) groups excluding carboxylic acids is 1. The predicted molar refractivity (Wildman–Crippen MR) is 93.7 cm³/mol. The average Bonchev–Trinajstić information content (AvgIpc) is 3.05. The topological polar surface area (TPSA) is 97.2 Å². The second-order valence-corrected chi connectivity index (χ2v) is 8.11. The molecule has 2 amide bonds. The van der Waals surface area contributed by atoms with Gasteiger partial charge in [0.15, 0.2) is 9.84 Å². The third kappa shape index (κ3) is 5.02. The van der Waals surface area contributed by atoms with Crippen molar-refractivity contribution < 1.29 is 13.2 Å². The number of nitrogens with one attached hydrogen (secondary N) is 1. The lowest BCUT2D eigenvalue weighted by Crippen LogP contribution is -2.44. The minimum absolute atomic E-state index is 0.114. The maximum absolute atomic E-state index is 12.4. The van der Waals surface area contributed by atoms with Crippen molar-refractivity contribution in [1.29, 1.82) is 0 Å². The summed E-state index contributed by atoms with van der Waals surface area (Å²) in [6, 6.07) is 6.03. The summed E-state index contributed by atoms with van der Waals surface area (Å²) in [5, 5.41) is 6.92. The minimum Gasteiger partial charge on any atom is -0.334 e. The van der Waals surface area contributed by atoms with Crippen LogP contribution in [0, 0.1) is 0 Å². The van der Waals surface area contributed by atoms with E-state index in [1.54, 1.807) is 47.2 Å². The van der Waals surface area contributed by atoms with E-state index in [0.29, 0.717) is 6.54 Å². The molecule has 2 rings (SSSR count). The van der Waals surface area contributed by atoms with Crippen LogP contribution >= 0.6 is 0 Å². The van der Waals surface area contributed by atoms with Gasteiger partial charge in [-0.05, 0) is 31.5 Å². The molecular formula is C16H23N5O3S. The van der Waals surface area contributed by atoms with Gasteiger partial charge in [0, 0.05) is 19.3 Å². The van der Waals surface area contributed by atoms with Gasteiger partial charge in [0.25, 0.3) is 0 Å². The van der Waals surface area contributed by atoms with E-state index in [-0.39, 0.29) is 23.0 Å². The normalized spacial score (nSPS) is 13.9. The van der Waals surface area contributed by atoms with Crippen LogP contribution in [0.3, 0.4) is 0 Å². The van der Waals surface area contributed by atoms with E-state index in [9.17, 15) is 13.2 Å². The summed E-state index contributed by atoms with van der Waals surface area (Å²) in [4.78, 5) is 18.1. The van der Waals surface area contributed by atoms with Gasteiger partial charge in [0.1, 0.15) is 12.7 Å². The SMILES string of the molecule is CC(Cn1cncn1)NC(=O)N(C)C(C)c1ccc(S(C)(=O)=O)cc1. The van der Waals surface area contributed by atoms with Crippen molar-refractivity contribution in [2.45, 2.75) is 37.4 Å². The predicted octanol–water partition coefficient (Wildman–Crippen LogP) is 1.47. The number of rotatable bonds is 6. The van der Waals surface area contributed by atoms with Crippen LogP contribution in [0.4, 0.5) is 4.79 Å². The highest BCUT2D eigenvalue weighted by atomic mass is 32.2. The molecule has 2 aromatic rings. The smallest absolute Gasteiger partial charge is 0.317 e. The third-order valence-electron chi connectivity index (χ3n) is 3.99. The van der Waals surface area contributed by atoms with Gasteiger partial charge in [-0.2, -0.15) is 5.10 Å². The van der Waals surface area contributed by atoms with Crippen LogP contribution in [0.5, 0.6) is 0 Å². The molecule has 1 N–H and O–H groups in total. The molecule has 0 fully saturated rings. The minimum atomic E-state index is -3.23. The van der Waals surface area contributed by atoms with E-state index in [1.807, 2.05) is 13.8 Å². The van der Waals surface area contributed by atoms with Crippen molar-refractivity contribution in [3.05, 3.63) is 42.5 Å². The molecule has 9 heteroatoms. The number of amides is 2. The maximum Gasteiger partial charge on any atom is 0.317 e. The van der Waals surface area contributed by atoms with Crippen molar-refractivity contribution in [2.24, 2.45) is 0 Å². The van der Waals surface area contributed by atoms with Crippen LogP contribution in [0.2, 0.25) is 0 Å². The summed E-state index contributed by atoms with van der Waals surface area (Å²) < 4.78 is 24.7. The first-order valence-electron chi connectivity index (χ1n) is 7.84. The van der Waals surface area contributed by atoms with Gasteiger partial charge in [-0.1, -0.05) is 12.1 Å². The summed E-state index contributed by atoms with van der Waals surface area (Å²) in [6.07, 6.45) is 4.21. The maximum atomic E-state index is 12.4. The molecule has 0 spiro atoms. The Labute approximate surface area is 147 Å². The van der Waals surface area contributed by atoms with E-state index < -0.39 is 9.84 Å². The molecule has 2 unspecified atom stereocenters. The van der Waals surface area contributed by atoms with E-state index in [0.717, 1.165) is 5.56 Å². The Bertz CT molecular complexity index is 803. The molecule has 1 heterocycles. The number of urea groups is 1. The lowest BCUT2D eigenvalue weighted by Gasteiger charge is -2.27. The number of hydrogen-bond acceptors (Lipinski definition) is 5. The number of hydrogen-bond donors (Lipinski definition) is 1. The van der Waals surface area contributed by atoms with Crippen LogP contribution in [0.1, 0.15) is 25.5 Å². The van der Waals surface area contributed by atoms with Crippen LogP contribution in [-0.4, -0.2) is 53.5 Å². The molecule has 0 aliphatic heterocycles. The molecule has 1 aromatic heterocycles. The molecule has 0 radical (unpaired) electrons. The Balaban J connectivity index is 1.98. The van der Waals surface area contributed by atoms with Crippen molar-refractivity contribution in [3.8, 4) is 0 Å². The molecule has 25 heavy (non-hydrogen) atoms. The van der Waals surface area contributed by atoms with Gasteiger partial charge in [-0.25, -0.2) is 18.2 Å². The van der Waals surface area contributed by atoms with E-state index in [1.165, 1.54) is 12.6 Å². The monoisotopic (exact) mass is 365 g/mol. The second-order valence-electron chi connectivity index (χ2n) is 6.10. The van der Waals surface area contributed by atoms with Crippen LogP contribution < -0.4 is 5.32 Å². The molecule has 0 saturated carbocycles. The van der Waals surface area contributed by atoms with E-state index >= 15 is 0 Å². The Hall–Kier alpha value is -2.42. The first-order valence-corrected chi connectivity index (χ1v) is 9.73. The number of benzene rings is 1. The fourth-order valence-corrected chi connectivity index (χ4v) is 2.99. The quantitative estimate of drug-likeness (QED) is 0.836. The first-order chi connectivity index (χ1) is 11.7. The number of aromatic nitrogens is 3. The number of sulfone groups is 1. The Morgan fingerprint density at radius 3 is 2.44 bits per heavy atom. The van der Waals surface area contributed by atoms with E-state index in [2.05, 4.69) is 15.4 Å². The summed E-state index contributed by atoms with van der Waals surface area (Å²) in [6.45, 7) is 4.30. The second kappa shape index (κ2) is 7.64. The van der Waals surface area contributed by atoms with E-state index in [4.69, 9.17) is 0 Å². The molecule has 0 saturated heterocycles. The van der Waals surface area contributed by atoms with Crippen molar-refractivity contribution in [2.75, 3.05) is 13.3 Å². The highest BCUT2D eigenvalue weighted by Gasteiger charge is 2.19. The molecular weight excluding hydrogens is 342 g/mol. The Kier molecular flexibility index (Phi) is 5.78. The largest absolute Gasteiger partial charge is 0.334 e. The molecule has 2 atom stereocenters. The van der Waals surface area contributed by atoms with Crippen LogP contribution in [-0.2, 0) is 16.4 Å². The molecule has 136 valence electrons. The lowest BCUT2D eigenvalue weighted by atomic mass is 10.1. The summed E-state index contributed by atoms with van der Waals surface area (Å²) in [5.74, 6) is 0. The third-order valence-corrected chi connectivity index (χ3v) is 5.12. The highest BCUT2D eigenvalue weighted by molar-refractivity contribution is 7.90. The zero-order chi connectivity index (χ0) is 18.6. The van der Waals surface area contributed by atoms with Crippen molar-refractivity contribution in [1.82, 2.24) is 25.0 Å². The van der Waals surface area contributed by atoms with Gasteiger partial charge in [-0.3, -0.25) is 4.68 Å². The molecule has 0 aliphatic carbocycles.